The van der Waals surface area contributed by atoms with Crippen LogP contribution in [0, 0.1) is 11.8 Å². The quantitative estimate of drug-likeness (QED) is 0.597. The van der Waals surface area contributed by atoms with Gasteiger partial charge in [0.2, 0.25) is 5.91 Å². The van der Waals surface area contributed by atoms with Crippen molar-refractivity contribution in [1.82, 2.24) is 5.32 Å². The highest BCUT2D eigenvalue weighted by Crippen LogP contribution is 2.62. The first-order valence-corrected chi connectivity index (χ1v) is 11.5. The van der Waals surface area contributed by atoms with Crippen molar-refractivity contribution < 1.29 is 14.7 Å². The molecule has 4 fully saturated rings. The number of anilines is 1. The SMILES string of the molecule is C=CC(=O)NCc1ccccc1C(=O)Nc1ccc(C23CC4CC(CC(O)(C4)C2)C3)cc1. The van der Waals surface area contributed by atoms with Gasteiger partial charge in [0, 0.05) is 17.8 Å². The van der Waals surface area contributed by atoms with E-state index in [1.807, 2.05) is 30.3 Å². The number of carbonyl (C=O) groups excluding carboxylic acids is 2. The maximum absolute atomic E-state index is 12.9. The first-order chi connectivity index (χ1) is 15.4. The predicted octanol–water partition coefficient (Wildman–Crippen LogP) is 4.32. The van der Waals surface area contributed by atoms with Crippen LogP contribution in [0.5, 0.6) is 0 Å². The summed E-state index contributed by atoms with van der Waals surface area (Å²) in [6.07, 6.45) is 7.61. The molecule has 5 nitrogen and oxygen atoms in total. The highest BCUT2D eigenvalue weighted by molar-refractivity contribution is 6.05. The molecule has 2 aromatic carbocycles. The summed E-state index contributed by atoms with van der Waals surface area (Å²) < 4.78 is 0. The Kier molecular flexibility index (Phi) is 5.17. The molecular formula is C27H30N2O3. The number of aliphatic hydroxyl groups is 1. The van der Waals surface area contributed by atoms with E-state index in [9.17, 15) is 14.7 Å². The average molecular weight is 431 g/mol. The van der Waals surface area contributed by atoms with Gasteiger partial charge in [-0.05, 0) is 91.2 Å². The Morgan fingerprint density at radius 1 is 1.03 bits per heavy atom. The Balaban J connectivity index is 1.30. The topological polar surface area (TPSA) is 78.4 Å². The number of nitrogens with one attached hydrogen (secondary N) is 2. The lowest BCUT2D eigenvalue weighted by Gasteiger charge is -2.60. The van der Waals surface area contributed by atoms with Crippen molar-refractivity contribution in [1.29, 1.82) is 0 Å². The molecule has 0 radical (unpaired) electrons. The summed E-state index contributed by atoms with van der Waals surface area (Å²) in [4.78, 5) is 24.4. The van der Waals surface area contributed by atoms with Gasteiger partial charge in [-0.3, -0.25) is 9.59 Å². The largest absolute Gasteiger partial charge is 0.390 e. The lowest BCUT2D eigenvalue weighted by molar-refractivity contribution is -0.137. The number of rotatable bonds is 6. The van der Waals surface area contributed by atoms with Crippen molar-refractivity contribution in [3.63, 3.8) is 0 Å². The minimum atomic E-state index is -0.484. The minimum Gasteiger partial charge on any atom is -0.390 e. The van der Waals surface area contributed by atoms with Crippen molar-refractivity contribution >= 4 is 17.5 Å². The molecular weight excluding hydrogens is 400 g/mol. The van der Waals surface area contributed by atoms with Crippen LogP contribution in [0.15, 0.2) is 61.2 Å². The van der Waals surface area contributed by atoms with E-state index in [0.717, 1.165) is 30.5 Å². The van der Waals surface area contributed by atoms with Crippen molar-refractivity contribution in [2.45, 2.75) is 56.1 Å². The summed E-state index contributed by atoms with van der Waals surface area (Å²) in [6, 6.07) is 15.4. The lowest BCUT2D eigenvalue weighted by atomic mass is 9.46. The molecule has 0 aromatic heterocycles. The van der Waals surface area contributed by atoms with Crippen LogP contribution in [0.25, 0.3) is 0 Å². The fourth-order valence-electron chi connectivity index (χ4n) is 6.81. The average Bonchev–Trinajstić information content (AvgIpc) is 2.76. The van der Waals surface area contributed by atoms with E-state index < -0.39 is 5.60 Å². The van der Waals surface area contributed by atoms with Gasteiger partial charge in [-0.1, -0.05) is 36.9 Å². The Morgan fingerprint density at radius 3 is 2.38 bits per heavy atom. The predicted molar refractivity (Wildman–Crippen MR) is 124 cm³/mol. The fourth-order valence-corrected chi connectivity index (χ4v) is 6.81. The summed E-state index contributed by atoms with van der Waals surface area (Å²) >= 11 is 0. The third-order valence-electron chi connectivity index (χ3n) is 7.69. The van der Waals surface area contributed by atoms with Gasteiger partial charge in [-0.15, -0.1) is 0 Å². The standard InChI is InChI=1S/C27H30N2O3/c1-2-24(30)28-16-20-5-3-4-6-23(20)25(31)29-22-9-7-21(8-10-22)26-12-18-11-19(13-26)15-27(32,14-18)17-26/h2-10,18-19,32H,1,11-17H2,(H,28,30)(H,29,31). The molecule has 0 aliphatic heterocycles. The van der Waals surface area contributed by atoms with E-state index in [-0.39, 0.29) is 23.8 Å². The molecule has 2 aromatic rings. The van der Waals surface area contributed by atoms with Crippen LogP contribution in [-0.2, 0) is 16.8 Å². The van der Waals surface area contributed by atoms with Gasteiger partial charge >= 0.3 is 0 Å². The second-order valence-electron chi connectivity index (χ2n) is 10.1. The zero-order chi connectivity index (χ0) is 22.3. The molecule has 4 bridgehead atoms. The van der Waals surface area contributed by atoms with Crippen molar-refractivity contribution in [2.24, 2.45) is 11.8 Å². The van der Waals surface area contributed by atoms with Crippen molar-refractivity contribution in [3.8, 4) is 0 Å². The molecule has 0 saturated heterocycles. The van der Waals surface area contributed by atoms with Crippen molar-refractivity contribution in [3.05, 3.63) is 77.9 Å². The third kappa shape index (κ3) is 3.86. The molecule has 2 atom stereocenters. The van der Waals surface area contributed by atoms with Gasteiger partial charge in [0.15, 0.2) is 0 Å². The summed E-state index contributed by atoms with van der Waals surface area (Å²) in [5.41, 5.74) is 2.91. The lowest BCUT2D eigenvalue weighted by Crippen LogP contribution is -2.57. The second kappa shape index (κ2) is 7.89. The molecule has 5 heteroatoms. The fraction of sp³-hybridized carbons (Fsp3) is 0.407. The zero-order valence-electron chi connectivity index (χ0n) is 18.3. The molecule has 166 valence electrons. The highest BCUT2D eigenvalue weighted by Gasteiger charge is 2.57. The van der Waals surface area contributed by atoms with Gasteiger partial charge in [-0.25, -0.2) is 0 Å². The molecule has 4 aliphatic carbocycles. The van der Waals surface area contributed by atoms with Crippen LogP contribution in [0.2, 0.25) is 0 Å². The number of benzene rings is 2. The number of carbonyl (C=O) groups is 2. The Morgan fingerprint density at radius 2 is 1.72 bits per heavy atom. The van der Waals surface area contributed by atoms with Crippen molar-refractivity contribution in [2.75, 3.05) is 5.32 Å². The number of amides is 2. The maximum atomic E-state index is 12.9. The maximum Gasteiger partial charge on any atom is 0.256 e. The first-order valence-electron chi connectivity index (χ1n) is 11.5. The van der Waals surface area contributed by atoms with E-state index in [1.165, 1.54) is 30.9 Å². The number of hydrogen-bond donors (Lipinski definition) is 3. The third-order valence-corrected chi connectivity index (χ3v) is 7.69. The van der Waals surface area contributed by atoms with E-state index in [4.69, 9.17) is 0 Å². The van der Waals surface area contributed by atoms with Crippen LogP contribution >= 0.6 is 0 Å². The van der Waals surface area contributed by atoms with Gasteiger partial charge in [0.1, 0.15) is 0 Å². The monoisotopic (exact) mass is 430 g/mol. The molecule has 32 heavy (non-hydrogen) atoms. The Hall–Kier alpha value is -2.92. The smallest absolute Gasteiger partial charge is 0.256 e. The normalized spacial score (nSPS) is 30.0. The van der Waals surface area contributed by atoms with Gasteiger partial charge in [0.05, 0.1) is 5.60 Å². The van der Waals surface area contributed by atoms with Crippen LogP contribution in [0.3, 0.4) is 0 Å². The molecule has 3 N–H and O–H groups in total. The molecule has 2 amide bonds. The molecule has 2 unspecified atom stereocenters. The van der Waals surface area contributed by atoms with E-state index >= 15 is 0 Å². The minimum absolute atomic E-state index is 0.0807. The van der Waals surface area contributed by atoms with E-state index in [2.05, 4.69) is 29.3 Å². The van der Waals surface area contributed by atoms with Gasteiger partial charge < -0.3 is 15.7 Å². The second-order valence-corrected chi connectivity index (χ2v) is 10.1. The Bertz CT molecular complexity index is 1040. The first kappa shape index (κ1) is 21.0. The molecule has 4 aliphatic rings. The molecule has 0 heterocycles. The van der Waals surface area contributed by atoms with Crippen LogP contribution < -0.4 is 10.6 Å². The van der Waals surface area contributed by atoms with Crippen LogP contribution in [-0.4, -0.2) is 22.5 Å². The zero-order valence-corrected chi connectivity index (χ0v) is 18.3. The molecule has 0 spiro atoms. The van der Waals surface area contributed by atoms with E-state index in [1.54, 1.807) is 6.07 Å². The van der Waals surface area contributed by atoms with Crippen LogP contribution in [0.1, 0.15) is 60.0 Å². The number of hydrogen-bond acceptors (Lipinski definition) is 3. The van der Waals surface area contributed by atoms with E-state index in [0.29, 0.717) is 17.4 Å². The summed E-state index contributed by atoms with van der Waals surface area (Å²) in [6.45, 7) is 3.72. The van der Waals surface area contributed by atoms with Gasteiger partial charge in [-0.2, -0.15) is 0 Å². The van der Waals surface area contributed by atoms with Crippen LogP contribution in [0.4, 0.5) is 5.69 Å². The highest BCUT2D eigenvalue weighted by atomic mass is 16.3. The summed E-state index contributed by atoms with van der Waals surface area (Å²) in [5, 5.41) is 16.8. The molecule has 4 saturated carbocycles. The summed E-state index contributed by atoms with van der Waals surface area (Å²) in [5.74, 6) is 0.799. The summed E-state index contributed by atoms with van der Waals surface area (Å²) in [7, 11) is 0. The van der Waals surface area contributed by atoms with Gasteiger partial charge in [0.25, 0.3) is 5.91 Å². The molecule has 6 rings (SSSR count). The Labute approximate surface area is 188 Å².